The Balaban J connectivity index is 2.20. The molecule has 106 valence electrons. The number of rotatable bonds is 6. The first kappa shape index (κ1) is 14.3. The Kier molecular flexibility index (Phi) is 4.93. The lowest BCUT2D eigenvalue weighted by Gasteiger charge is -2.19. The van der Waals surface area contributed by atoms with Gasteiger partial charge in [-0.05, 0) is 36.2 Å². The normalized spacial score (nSPS) is 12.1. The lowest BCUT2D eigenvalue weighted by Crippen LogP contribution is -2.27. The molecule has 0 spiro atoms. The lowest BCUT2D eigenvalue weighted by molar-refractivity contribution is -0.121. The zero-order valence-electron chi connectivity index (χ0n) is 11.6. The number of nitrogens with zero attached hydrogens (tertiary/aromatic N) is 1. The van der Waals surface area contributed by atoms with Crippen molar-refractivity contribution in [2.24, 2.45) is 0 Å². The number of benzene rings is 1. The van der Waals surface area contributed by atoms with Gasteiger partial charge >= 0.3 is 0 Å². The van der Waals surface area contributed by atoms with Gasteiger partial charge in [0.1, 0.15) is 5.82 Å². The molecule has 1 atom stereocenters. The predicted molar refractivity (Wildman–Crippen MR) is 76.9 cm³/mol. The number of nitrogens with one attached hydrogen (secondary N) is 1. The monoisotopic (exact) mass is 274 g/mol. The highest BCUT2D eigenvalue weighted by atomic mass is 19.1. The molecule has 1 aromatic carbocycles. The molecule has 20 heavy (non-hydrogen) atoms. The molecule has 2 aromatic rings. The van der Waals surface area contributed by atoms with Crippen LogP contribution in [0, 0.1) is 5.82 Å². The summed E-state index contributed by atoms with van der Waals surface area (Å²) in [4.78, 5) is 11.9. The first-order valence-electron chi connectivity index (χ1n) is 6.85. The largest absolute Gasteiger partial charge is 0.356 e. The van der Waals surface area contributed by atoms with Gasteiger partial charge in [-0.2, -0.15) is 0 Å². The van der Waals surface area contributed by atoms with E-state index in [9.17, 15) is 9.18 Å². The highest BCUT2D eigenvalue weighted by Gasteiger charge is 2.17. The van der Waals surface area contributed by atoms with Crippen LogP contribution in [0.2, 0.25) is 0 Å². The van der Waals surface area contributed by atoms with Gasteiger partial charge in [0.2, 0.25) is 5.91 Å². The number of amides is 1. The molecule has 1 N–H and O–H groups in total. The molecule has 1 unspecified atom stereocenters. The second-order valence-corrected chi connectivity index (χ2v) is 4.76. The Morgan fingerprint density at radius 1 is 1.30 bits per heavy atom. The number of hydrogen-bond donors (Lipinski definition) is 1. The van der Waals surface area contributed by atoms with Crippen molar-refractivity contribution < 1.29 is 9.18 Å². The third-order valence-electron chi connectivity index (χ3n) is 3.17. The Bertz CT molecular complexity index is 551. The van der Waals surface area contributed by atoms with Gasteiger partial charge in [-0.1, -0.05) is 19.1 Å². The fraction of sp³-hybridized carbons (Fsp3) is 0.312. The molecule has 0 aliphatic carbocycles. The molecule has 1 aromatic heterocycles. The first-order valence-corrected chi connectivity index (χ1v) is 6.85. The van der Waals surface area contributed by atoms with Crippen molar-refractivity contribution >= 4 is 5.91 Å². The quantitative estimate of drug-likeness (QED) is 0.862. The lowest BCUT2D eigenvalue weighted by atomic mass is 10.0. The molecular formula is C16H19FN2O. The molecule has 1 heterocycles. The van der Waals surface area contributed by atoms with Crippen molar-refractivity contribution in [3.8, 4) is 0 Å². The van der Waals surface area contributed by atoms with Crippen LogP contribution >= 0.6 is 0 Å². The summed E-state index contributed by atoms with van der Waals surface area (Å²) in [5.41, 5.74) is 0.799. The van der Waals surface area contributed by atoms with E-state index in [1.54, 1.807) is 6.07 Å². The summed E-state index contributed by atoms with van der Waals surface area (Å²) in [7, 11) is 0. The van der Waals surface area contributed by atoms with Crippen LogP contribution in [0.3, 0.4) is 0 Å². The summed E-state index contributed by atoms with van der Waals surface area (Å²) in [6.45, 7) is 2.68. The van der Waals surface area contributed by atoms with Crippen LogP contribution in [-0.2, 0) is 4.79 Å². The zero-order valence-corrected chi connectivity index (χ0v) is 11.6. The van der Waals surface area contributed by atoms with Crippen molar-refractivity contribution in [3.05, 3.63) is 60.2 Å². The number of hydrogen-bond acceptors (Lipinski definition) is 1. The van der Waals surface area contributed by atoms with Crippen LogP contribution in [0.15, 0.2) is 48.8 Å². The van der Waals surface area contributed by atoms with Crippen LogP contribution in [0.25, 0.3) is 0 Å². The SMILES string of the molecule is CCCNC(=O)CC(c1cccc(F)c1)n1cccc1. The second-order valence-electron chi connectivity index (χ2n) is 4.76. The fourth-order valence-corrected chi connectivity index (χ4v) is 2.18. The minimum Gasteiger partial charge on any atom is -0.356 e. The first-order chi connectivity index (χ1) is 9.70. The molecule has 0 aliphatic heterocycles. The summed E-state index contributed by atoms with van der Waals surface area (Å²) >= 11 is 0. The number of carbonyl (C=O) groups is 1. The Labute approximate surface area is 118 Å². The van der Waals surface area contributed by atoms with Gasteiger partial charge in [-0.3, -0.25) is 4.79 Å². The van der Waals surface area contributed by atoms with Crippen LogP contribution in [0.4, 0.5) is 4.39 Å². The van der Waals surface area contributed by atoms with E-state index in [4.69, 9.17) is 0 Å². The molecular weight excluding hydrogens is 255 g/mol. The van der Waals surface area contributed by atoms with Gasteiger partial charge in [0.15, 0.2) is 0 Å². The smallest absolute Gasteiger partial charge is 0.222 e. The minimum atomic E-state index is -0.284. The summed E-state index contributed by atoms with van der Waals surface area (Å²) in [5, 5.41) is 2.86. The van der Waals surface area contributed by atoms with E-state index in [1.165, 1.54) is 12.1 Å². The van der Waals surface area contributed by atoms with E-state index < -0.39 is 0 Å². The molecule has 3 nitrogen and oxygen atoms in total. The Morgan fingerprint density at radius 3 is 2.70 bits per heavy atom. The topological polar surface area (TPSA) is 34.0 Å². The van der Waals surface area contributed by atoms with Crippen LogP contribution < -0.4 is 5.32 Å². The van der Waals surface area contributed by atoms with Gasteiger partial charge in [-0.15, -0.1) is 0 Å². The van der Waals surface area contributed by atoms with E-state index in [0.717, 1.165) is 12.0 Å². The van der Waals surface area contributed by atoms with Crippen LogP contribution in [-0.4, -0.2) is 17.0 Å². The summed E-state index contributed by atoms with van der Waals surface area (Å²) in [6.07, 6.45) is 4.99. The molecule has 2 rings (SSSR count). The Hall–Kier alpha value is -2.10. The summed E-state index contributed by atoms with van der Waals surface area (Å²) < 4.78 is 15.3. The summed E-state index contributed by atoms with van der Waals surface area (Å²) in [5.74, 6) is -0.302. The van der Waals surface area contributed by atoms with Crippen molar-refractivity contribution in [2.45, 2.75) is 25.8 Å². The third-order valence-corrected chi connectivity index (χ3v) is 3.17. The molecule has 1 amide bonds. The number of halogens is 1. The van der Waals surface area contributed by atoms with Crippen molar-refractivity contribution in [3.63, 3.8) is 0 Å². The third kappa shape index (κ3) is 3.70. The maximum absolute atomic E-state index is 13.4. The molecule has 0 fully saturated rings. The number of aromatic nitrogens is 1. The van der Waals surface area contributed by atoms with Gasteiger partial charge < -0.3 is 9.88 Å². The fourth-order valence-electron chi connectivity index (χ4n) is 2.18. The maximum Gasteiger partial charge on any atom is 0.222 e. The molecule has 4 heteroatoms. The van der Waals surface area contributed by atoms with Crippen molar-refractivity contribution in [1.82, 2.24) is 9.88 Å². The van der Waals surface area contributed by atoms with Crippen molar-refractivity contribution in [1.29, 1.82) is 0 Å². The van der Waals surface area contributed by atoms with E-state index in [0.29, 0.717) is 13.0 Å². The summed E-state index contributed by atoms with van der Waals surface area (Å²) in [6, 6.07) is 10.0. The predicted octanol–water partition coefficient (Wildman–Crippen LogP) is 3.13. The van der Waals surface area contributed by atoms with E-state index >= 15 is 0 Å². The average Bonchev–Trinajstić information content (AvgIpc) is 2.96. The van der Waals surface area contributed by atoms with E-state index in [1.807, 2.05) is 42.1 Å². The van der Waals surface area contributed by atoms with E-state index in [2.05, 4.69) is 5.32 Å². The second kappa shape index (κ2) is 6.89. The zero-order chi connectivity index (χ0) is 14.4. The standard InChI is InChI=1S/C16H19FN2O/c1-2-8-18-16(20)12-15(19-9-3-4-10-19)13-6-5-7-14(17)11-13/h3-7,9-11,15H,2,8,12H2,1H3,(H,18,20). The Morgan fingerprint density at radius 2 is 2.05 bits per heavy atom. The molecule has 0 saturated carbocycles. The highest BCUT2D eigenvalue weighted by molar-refractivity contribution is 5.76. The van der Waals surface area contributed by atoms with Gasteiger partial charge in [-0.25, -0.2) is 4.39 Å². The molecule has 0 saturated heterocycles. The number of carbonyl (C=O) groups excluding carboxylic acids is 1. The van der Waals surface area contributed by atoms with E-state index in [-0.39, 0.29) is 17.8 Å². The molecule has 0 aliphatic rings. The average molecular weight is 274 g/mol. The highest BCUT2D eigenvalue weighted by Crippen LogP contribution is 2.23. The van der Waals surface area contributed by atoms with Crippen LogP contribution in [0.1, 0.15) is 31.4 Å². The van der Waals surface area contributed by atoms with Gasteiger partial charge in [0.05, 0.1) is 12.5 Å². The minimum absolute atomic E-state index is 0.0187. The molecule has 0 bridgehead atoms. The van der Waals surface area contributed by atoms with Crippen LogP contribution in [0.5, 0.6) is 0 Å². The van der Waals surface area contributed by atoms with Crippen molar-refractivity contribution in [2.75, 3.05) is 6.54 Å². The molecule has 0 radical (unpaired) electrons. The van der Waals surface area contributed by atoms with Gasteiger partial charge in [0, 0.05) is 18.9 Å². The van der Waals surface area contributed by atoms with Gasteiger partial charge in [0.25, 0.3) is 0 Å². The maximum atomic E-state index is 13.4.